The van der Waals surface area contributed by atoms with Crippen LogP contribution in [-0.2, 0) is 36.9 Å². The summed E-state index contributed by atoms with van der Waals surface area (Å²) < 4.78 is 34.2. The molecule has 2 aromatic carbocycles. The smallest absolute Gasteiger partial charge is 0.356 e. The molecule has 0 saturated carbocycles. The Kier molecular flexibility index (Phi) is 9.70. The van der Waals surface area contributed by atoms with E-state index in [2.05, 4.69) is 4.98 Å². The first-order valence-electron chi connectivity index (χ1n) is 15.6. The SMILES string of the molecule is Cc1cc2c(-c3cccn(CC(=O)OC(C)(C)C)c3=O)c(C(=O)OCC(=O)OC(C)(C)C)n(Cc3cc4ccccc4nc3Cl)c2cc1F. The fourth-order valence-corrected chi connectivity index (χ4v) is 5.68. The van der Waals surface area contributed by atoms with E-state index in [1.165, 1.54) is 33.5 Å². The number of aryl methyl sites for hydroxylation is 1. The van der Waals surface area contributed by atoms with Crippen LogP contribution in [0.3, 0.4) is 0 Å². The molecule has 0 spiro atoms. The van der Waals surface area contributed by atoms with Gasteiger partial charge in [-0.05, 0) is 90.4 Å². The highest BCUT2D eigenvalue weighted by molar-refractivity contribution is 6.30. The van der Waals surface area contributed by atoms with Crippen molar-refractivity contribution in [3.05, 3.63) is 98.9 Å². The topological polar surface area (TPSA) is 119 Å². The maximum atomic E-state index is 15.3. The van der Waals surface area contributed by atoms with E-state index in [1.54, 1.807) is 54.5 Å². The molecule has 12 heteroatoms. The van der Waals surface area contributed by atoms with E-state index in [4.69, 9.17) is 25.8 Å². The monoisotopic (exact) mass is 689 g/mol. The molecule has 0 atom stereocenters. The number of para-hydroxylation sites is 1. The van der Waals surface area contributed by atoms with Crippen molar-refractivity contribution in [3.63, 3.8) is 0 Å². The molecule has 0 bridgehead atoms. The van der Waals surface area contributed by atoms with Crippen LogP contribution in [0.2, 0.25) is 5.15 Å². The van der Waals surface area contributed by atoms with Crippen LogP contribution in [0.15, 0.2) is 65.6 Å². The van der Waals surface area contributed by atoms with Crippen molar-refractivity contribution >= 4 is 51.3 Å². The van der Waals surface area contributed by atoms with E-state index >= 15 is 4.39 Å². The summed E-state index contributed by atoms with van der Waals surface area (Å²) in [5.74, 6) is -2.94. The molecule has 256 valence electrons. The molecular weight excluding hydrogens is 653 g/mol. The molecule has 0 fully saturated rings. The fourth-order valence-electron chi connectivity index (χ4n) is 5.47. The van der Waals surface area contributed by atoms with E-state index in [-0.39, 0.29) is 39.6 Å². The van der Waals surface area contributed by atoms with Gasteiger partial charge in [-0.1, -0.05) is 29.8 Å². The van der Waals surface area contributed by atoms with Crippen LogP contribution in [0.1, 0.15) is 63.2 Å². The van der Waals surface area contributed by atoms with Gasteiger partial charge in [-0.2, -0.15) is 0 Å². The molecule has 3 heterocycles. The number of rotatable bonds is 8. The fraction of sp³-hybridized carbons (Fsp3) is 0.324. The molecule has 0 amide bonds. The van der Waals surface area contributed by atoms with Crippen molar-refractivity contribution < 1.29 is 33.0 Å². The van der Waals surface area contributed by atoms with Crippen molar-refractivity contribution in [2.75, 3.05) is 6.61 Å². The van der Waals surface area contributed by atoms with E-state index in [0.717, 1.165) is 5.39 Å². The number of halogens is 2. The van der Waals surface area contributed by atoms with Crippen molar-refractivity contribution in [2.45, 2.75) is 72.8 Å². The molecule has 0 aliphatic rings. The lowest BCUT2D eigenvalue weighted by Crippen LogP contribution is -2.31. The van der Waals surface area contributed by atoms with Crippen LogP contribution in [0.4, 0.5) is 4.39 Å². The number of carbonyl (C=O) groups excluding carboxylic acids is 3. The Hall–Kier alpha value is -5.03. The largest absolute Gasteiger partial charge is 0.459 e. The number of hydrogen-bond acceptors (Lipinski definition) is 8. The van der Waals surface area contributed by atoms with Gasteiger partial charge in [0.25, 0.3) is 5.56 Å². The number of ether oxygens (including phenoxy) is 3. The lowest BCUT2D eigenvalue weighted by atomic mass is 10.0. The van der Waals surface area contributed by atoms with Gasteiger partial charge < -0.3 is 23.3 Å². The minimum Gasteiger partial charge on any atom is -0.459 e. The molecule has 0 aliphatic carbocycles. The first-order chi connectivity index (χ1) is 22.9. The van der Waals surface area contributed by atoms with Gasteiger partial charge in [0.1, 0.15) is 34.4 Å². The second-order valence-electron chi connectivity index (χ2n) is 13.7. The summed E-state index contributed by atoms with van der Waals surface area (Å²) in [6, 6.07) is 15.0. The average Bonchev–Trinajstić information content (AvgIpc) is 3.28. The van der Waals surface area contributed by atoms with Gasteiger partial charge in [0.2, 0.25) is 0 Å². The van der Waals surface area contributed by atoms with Crippen molar-refractivity contribution in [2.24, 2.45) is 0 Å². The molecule has 5 rings (SSSR count). The maximum Gasteiger partial charge on any atom is 0.356 e. The third-order valence-corrected chi connectivity index (χ3v) is 7.69. The first kappa shape index (κ1) is 35.3. The maximum absolute atomic E-state index is 15.3. The molecular formula is C37H37ClFN3O7. The zero-order chi connectivity index (χ0) is 35.8. The molecule has 10 nitrogen and oxygen atoms in total. The number of hydrogen-bond donors (Lipinski definition) is 0. The molecule has 3 aromatic heterocycles. The Bertz CT molecular complexity index is 2170. The minimum absolute atomic E-state index is 0.0350. The number of pyridine rings is 2. The van der Waals surface area contributed by atoms with Crippen LogP contribution < -0.4 is 5.56 Å². The molecule has 0 unspecified atom stereocenters. The zero-order valence-corrected chi connectivity index (χ0v) is 29.1. The minimum atomic E-state index is -0.970. The van der Waals surface area contributed by atoms with E-state index in [0.29, 0.717) is 16.5 Å². The Morgan fingerprint density at radius 2 is 1.59 bits per heavy atom. The quantitative estimate of drug-likeness (QED) is 0.0970. The first-order valence-corrected chi connectivity index (χ1v) is 16.0. The average molecular weight is 690 g/mol. The normalized spacial score (nSPS) is 11.9. The number of nitrogens with zero attached hydrogens (tertiary/aromatic N) is 3. The highest BCUT2D eigenvalue weighted by atomic mass is 35.5. The summed E-state index contributed by atoms with van der Waals surface area (Å²) in [6.07, 6.45) is 1.43. The molecule has 0 N–H and O–H groups in total. The molecule has 0 radical (unpaired) electrons. The number of fused-ring (bicyclic) bond motifs is 2. The predicted octanol–water partition coefficient (Wildman–Crippen LogP) is 7.01. The van der Waals surface area contributed by atoms with Gasteiger partial charge in [0.15, 0.2) is 6.61 Å². The number of benzene rings is 2. The molecule has 5 aromatic rings. The van der Waals surface area contributed by atoms with Crippen molar-refractivity contribution in [1.29, 1.82) is 0 Å². The van der Waals surface area contributed by atoms with Crippen molar-refractivity contribution in [1.82, 2.24) is 14.1 Å². The van der Waals surface area contributed by atoms with Gasteiger partial charge >= 0.3 is 17.9 Å². The Balaban J connectivity index is 1.73. The van der Waals surface area contributed by atoms with E-state index in [9.17, 15) is 19.2 Å². The summed E-state index contributed by atoms with van der Waals surface area (Å²) in [4.78, 5) is 57.9. The third kappa shape index (κ3) is 8.00. The highest BCUT2D eigenvalue weighted by Crippen LogP contribution is 2.37. The van der Waals surface area contributed by atoms with Gasteiger partial charge in [-0.3, -0.25) is 9.59 Å². The van der Waals surface area contributed by atoms with Crippen molar-refractivity contribution in [3.8, 4) is 11.1 Å². The lowest BCUT2D eigenvalue weighted by molar-refractivity contribution is -0.158. The van der Waals surface area contributed by atoms with Gasteiger partial charge in [-0.25, -0.2) is 19.0 Å². The summed E-state index contributed by atoms with van der Waals surface area (Å²) in [5, 5.41) is 1.30. The summed E-state index contributed by atoms with van der Waals surface area (Å²) in [6.45, 7) is 10.5. The number of carbonyl (C=O) groups is 3. The van der Waals surface area contributed by atoms with Crippen LogP contribution in [0, 0.1) is 12.7 Å². The summed E-state index contributed by atoms with van der Waals surface area (Å²) in [5.41, 5.74) is -0.527. The van der Waals surface area contributed by atoms with Gasteiger partial charge in [-0.15, -0.1) is 0 Å². The van der Waals surface area contributed by atoms with E-state index < -0.39 is 53.6 Å². The Labute approximate surface area is 287 Å². The Morgan fingerprint density at radius 1 is 0.918 bits per heavy atom. The number of esters is 3. The summed E-state index contributed by atoms with van der Waals surface area (Å²) in [7, 11) is 0. The Morgan fingerprint density at radius 3 is 2.29 bits per heavy atom. The molecule has 0 saturated heterocycles. The van der Waals surface area contributed by atoms with Crippen LogP contribution >= 0.6 is 11.6 Å². The van der Waals surface area contributed by atoms with Gasteiger partial charge in [0.05, 0.1) is 23.1 Å². The van der Waals surface area contributed by atoms with Crippen LogP contribution in [-0.4, -0.2) is 49.8 Å². The molecule has 49 heavy (non-hydrogen) atoms. The van der Waals surface area contributed by atoms with Crippen LogP contribution in [0.25, 0.3) is 32.9 Å². The summed E-state index contributed by atoms with van der Waals surface area (Å²) >= 11 is 6.65. The second-order valence-corrected chi connectivity index (χ2v) is 14.0. The zero-order valence-electron chi connectivity index (χ0n) is 28.4. The number of aromatic nitrogens is 3. The predicted molar refractivity (Wildman–Crippen MR) is 184 cm³/mol. The van der Waals surface area contributed by atoms with E-state index in [1.807, 2.05) is 30.3 Å². The third-order valence-electron chi connectivity index (χ3n) is 7.37. The molecule has 0 aliphatic heterocycles. The lowest BCUT2D eigenvalue weighted by Gasteiger charge is -2.20. The highest BCUT2D eigenvalue weighted by Gasteiger charge is 2.30. The van der Waals surface area contributed by atoms with Gasteiger partial charge in [0, 0.05) is 28.1 Å². The van der Waals surface area contributed by atoms with Crippen LogP contribution in [0.5, 0.6) is 0 Å². The second kappa shape index (κ2) is 13.5. The standard InChI is InChI=1S/C37H37ClFN3O7/c1-21-15-25-28(17-26(21)39)42(18-23-16-22-11-8-9-13-27(22)40-33(23)38)32(35(46)47-20-30(44)49-37(5,6)7)31(25)24-12-10-14-41(34(24)45)19-29(43)48-36(2,3)4/h8-17H,18-20H2,1-7H3.